The number of hydrogen-bond acceptors (Lipinski definition) is 5. The van der Waals surface area contributed by atoms with Gasteiger partial charge in [-0.15, -0.1) is 0 Å². The molecule has 27 heavy (non-hydrogen) atoms. The highest BCUT2D eigenvalue weighted by atomic mass is 16.7. The van der Waals surface area contributed by atoms with Crippen molar-refractivity contribution in [3.8, 4) is 22.8 Å². The van der Waals surface area contributed by atoms with Crippen molar-refractivity contribution in [3.63, 3.8) is 0 Å². The maximum absolute atomic E-state index is 5.68. The Balaban J connectivity index is 1.29. The van der Waals surface area contributed by atoms with Crippen molar-refractivity contribution in [3.05, 3.63) is 64.9 Å². The van der Waals surface area contributed by atoms with Gasteiger partial charge in [0.15, 0.2) is 11.5 Å². The number of fused-ring (bicyclic) bond motifs is 3. The second-order valence-electron chi connectivity index (χ2n) is 7.55. The van der Waals surface area contributed by atoms with Gasteiger partial charge in [-0.1, -0.05) is 29.4 Å². The molecule has 2 aliphatic heterocycles. The highest BCUT2D eigenvalue weighted by molar-refractivity contribution is 5.67. The molecule has 0 N–H and O–H groups in total. The molecule has 0 bridgehead atoms. The van der Waals surface area contributed by atoms with Crippen LogP contribution in [0.3, 0.4) is 0 Å². The summed E-state index contributed by atoms with van der Waals surface area (Å²) in [6, 6.07) is 15.4. The fourth-order valence-electron chi connectivity index (χ4n) is 4.61. The minimum absolute atomic E-state index is 0.283. The lowest BCUT2D eigenvalue weighted by molar-refractivity contribution is 0.174. The summed E-state index contributed by atoms with van der Waals surface area (Å²) in [7, 11) is 0. The number of ether oxygens (including phenoxy) is 2. The number of benzene rings is 2. The molecule has 0 amide bonds. The first-order valence-corrected chi connectivity index (χ1v) is 9.53. The van der Waals surface area contributed by atoms with Gasteiger partial charge < -0.3 is 14.0 Å². The van der Waals surface area contributed by atoms with Crippen LogP contribution in [0.5, 0.6) is 11.5 Å². The number of hydrogen-bond donors (Lipinski definition) is 0. The quantitative estimate of drug-likeness (QED) is 0.699. The fourth-order valence-corrected chi connectivity index (χ4v) is 4.61. The van der Waals surface area contributed by atoms with E-state index in [0.29, 0.717) is 6.04 Å². The second-order valence-corrected chi connectivity index (χ2v) is 7.55. The molecule has 1 aromatic heterocycles. The van der Waals surface area contributed by atoms with E-state index in [0.717, 1.165) is 60.9 Å². The van der Waals surface area contributed by atoms with Crippen molar-refractivity contribution in [2.45, 2.75) is 31.8 Å². The molecule has 0 saturated carbocycles. The third kappa shape index (κ3) is 2.46. The topological polar surface area (TPSA) is 47.7 Å². The van der Waals surface area contributed by atoms with Crippen molar-refractivity contribution in [1.29, 1.82) is 0 Å². The molecule has 0 fully saturated rings. The average Bonchev–Trinajstić information content (AvgIpc) is 3.43. The molecule has 2 aromatic carbocycles. The largest absolute Gasteiger partial charge is 0.454 e. The van der Waals surface area contributed by atoms with Crippen molar-refractivity contribution in [2.75, 3.05) is 13.3 Å². The van der Waals surface area contributed by atoms with E-state index in [1.54, 1.807) is 0 Å². The summed E-state index contributed by atoms with van der Waals surface area (Å²) in [6.45, 7) is 2.20. The molecule has 0 saturated heterocycles. The molecule has 0 radical (unpaired) electrons. The molecule has 1 aliphatic carbocycles. The maximum Gasteiger partial charge on any atom is 0.231 e. The van der Waals surface area contributed by atoms with Crippen LogP contribution in [0.15, 0.2) is 47.0 Å². The Morgan fingerprint density at radius 3 is 2.63 bits per heavy atom. The Kier molecular flexibility index (Phi) is 3.32. The van der Waals surface area contributed by atoms with Crippen molar-refractivity contribution in [2.24, 2.45) is 0 Å². The summed E-state index contributed by atoms with van der Waals surface area (Å²) < 4.78 is 16.6. The van der Waals surface area contributed by atoms with Crippen LogP contribution in [0.2, 0.25) is 0 Å². The Hall–Kier alpha value is -2.79. The molecule has 3 aliphatic rings. The van der Waals surface area contributed by atoms with Gasteiger partial charge in [-0.05, 0) is 42.2 Å². The van der Waals surface area contributed by atoms with E-state index in [2.05, 4.69) is 34.3 Å². The van der Waals surface area contributed by atoms with Crippen LogP contribution in [-0.4, -0.2) is 29.4 Å². The number of rotatable bonds is 2. The third-order valence-corrected chi connectivity index (χ3v) is 6.05. The predicted molar refractivity (Wildman–Crippen MR) is 99.8 cm³/mol. The molecular formula is C22H20N2O3. The third-order valence-electron chi connectivity index (χ3n) is 6.05. The van der Waals surface area contributed by atoms with E-state index >= 15 is 0 Å². The molecule has 0 spiro atoms. The van der Waals surface area contributed by atoms with Crippen LogP contribution in [0.25, 0.3) is 11.3 Å². The van der Waals surface area contributed by atoms with Gasteiger partial charge in [-0.2, -0.15) is 0 Å². The van der Waals surface area contributed by atoms with E-state index in [4.69, 9.17) is 14.0 Å². The zero-order chi connectivity index (χ0) is 17.8. The predicted octanol–water partition coefficient (Wildman–Crippen LogP) is 3.60. The molecule has 3 heterocycles. The van der Waals surface area contributed by atoms with E-state index in [-0.39, 0.29) is 6.79 Å². The Morgan fingerprint density at radius 1 is 0.963 bits per heavy atom. The van der Waals surface area contributed by atoms with Crippen LogP contribution in [-0.2, 0) is 25.8 Å². The first-order chi connectivity index (χ1) is 13.3. The summed E-state index contributed by atoms with van der Waals surface area (Å²) >= 11 is 0. The molecule has 5 nitrogen and oxygen atoms in total. The Bertz CT molecular complexity index is 1000. The number of nitrogens with zero attached hydrogens (tertiary/aromatic N) is 2. The zero-order valence-corrected chi connectivity index (χ0v) is 15.0. The molecule has 5 heteroatoms. The lowest BCUT2D eigenvalue weighted by Gasteiger charge is -2.31. The van der Waals surface area contributed by atoms with Gasteiger partial charge in [-0.25, -0.2) is 0 Å². The van der Waals surface area contributed by atoms with Crippen LogP contribution in [0, 0.1) is 0 Å². The molecule has 136 valence electrons. The molecular weight excluding hydrogens is 340 g/mol. The minimum atomic E-state index is 0.283. The highest BCUT2D eigenvalue weighted by Gasteiger charge is 2.32. The second kappa shape index (κ2) is 5.86. The van der Waals surface area contributed by atoms with Gasteiger partial charge in [0.25, 0.3) is 0 Å². The summed E-state index contributed by atoms with van der Waals surface area (Å²) in [4.78, 5) is 2.59. The highest BCUT2D eigenvalue weighted by Crippen LogP contribution is 2.38. The Labute approximate surface area is 157 Å². The lowest BCUT2D eigenvalue weighted by atomic mass is 9.99. The summed E-state index contributed by atoms with van der Waals surface area (Å²) in [5.41, 5.74) is 6.17. The summed E-state index contributed by atoms with van der Waals surface area (Å²) in [5.74, 6) is 2.60. The van der Waals surface area contributed by atoms with Gasteiger partial charge in [0.2, 0.25) is 6.79 Å². The van der Waals surface area contributed by atoms with Crippen LogP contribution < -0.4 is 9.47 Å². The van der Waals surface area contributed by atoms with E-state index in [1.165, 1.54) is 16.7 Å². The minimum Gasteiger partial charge on any atom is -0.454 e. The summed E-state index contributed by atoms with van der Waals surface area (Å²) in [5, 5.41) is 4.40. The van der Waals surface area contributed by atoms with Gasteiger partial charge >= 0.3 is 0 Å². The molecule has 6 rings (SSSR count). The van der Waals surface area contributed by atoms with Crippen LogP contribution in [0.1, 0.15) is 22.5 Å². The van der Waals surface area contributed by atoms with Gasteiger partial charge in [0, 0.05) is 36.7 Å². The Morgan fingerprint density at radius 2 is 1.78 bits per heavy atom. The molecule has 0 atom stereocenters. The monoisotopic (exact) mass is 360 g/mol. The summed E-state index contributed by atoms with van der Waals surface area (Å²) in [6.07, 6.45) is 3.19. The first kappa shape index (κ1) is 15.3. The average molecular weight is 360 g/mol. The van der Waals surface area contributed by atoms with Crippen molar-refractivity contribution in [1.82, 2.24) is 10.1 Å². The van der Waals surface area contributed by atoms with Crippen LogP contribution in [0.4, 0.5) is 0 Å². The van der Waals surface area contributed by atoms with Gasteiger partial charge in [0.1, 0.15) is 11.5 Å². The van der Waals surface area contributed by atoms with E-state index in [9.17, 15) is 0 Å². The lowest BCUT2D eigenvalue weighted by Crippen LogP contribution is -2.39. The fraction of sp³-hybridized carbons (Fsp3) is 0.318. The molecule has 3 aromatic rings. The van der Waals surface area contributed by atoms with E-state index < -0.39 is 0 Å². The van der Waals surface area contributed by atoms with Gasteiger partial charge in [0.05, 0.1) is 0 Å². The zero-order valence-electron chi connectivity index (χ0n) is 15.0. The van der Waals surface area contributed by atoms with Gasteiger partial charge in [-0.3, -0.25) is 4.90 Å². The molecule has 0 unspecified atom stereocenters. The standard InChI is InChI=1S/C22H20N2O3/c1-2-4-15-10-17(9-14(15)3-1)24-8-7-19-18(12-24)22(23-27-19)16-5-6-20-21(11-16)26-13-25-20/h1-6,11,17H,7-10,12-13H2. The first-order valence-electron chi connectivity index (χ1n) is 9.53. The SMILES string of the molecule is c1ccc2c(c1)CC(N1CCc3onc(-c4ccc5c(c4)OCO5)c3C1)C2. The van der Waals surface area contributed by atoms with Crippen LogP contribution >= 0.6 is 0 Å². The van der Waals surface area contributed by atoms with Crippen molar-refractivity contribution < 1.29 is 14.0 Å². The smallest absolute Gasteiger partial charge is 0.231 e. The van der Waals surface area contributed by atoms with E-state index in [1.807, 2.05) is 18.2 Å². The number of aromatic nitrogens is 1. The van der Waals surface area contributed by atoms with Crippen molar-refractivity contribution >= 4 is 0 Å². The maximum atomic E-state index is 5.68. The normalized spacial score (nSPS) is 18.5.